The predicted molar refractivity (Wildman–Crippen MR) is 94.2 cm³/mol. The molecule has 0 aromatic heterocycles. The number of benzene rings is 2. The summed E-state index contributed by atoms with van der Waals surface area (Å²) < 4.78 is 5.16. The van der Waals surface area contributed by atoms with Crippen LogP contribution in [0.15, 0.2) is 36.4 Å². The molecule has 23 heavy (non-hydrogen) atoms. The molecule has 0 heterocycles. The van der Waals surface area contributed by atoms with Gasteiger partial charge in [-0.2, -0.15) is 0 Å². The van der Waals surface area contributed by atoms with Crippen LogP contribution in [-0.2, 0) is 0 Å². The zero-order valence-electron chi connectivity index (χ0n) is 14.4. The van der Waals surface area contributed by atoms with Gasteiger partial charge in [0.25, 0.3) is 0 Å². The van der Waals surface area contributed by atoms with Crippen molar-refractivity contribution in [3.05, 3.63) is 58.7 Å². The monoisotopic (exact) mass is 312 g/mol. The van der Waals surface area contributed by atoms with Crippen molar-refractivity contribution in [2.75, 3.05) is 12.4 Å². The lowest BCUT2D eigenvalue weighted by atomic mass is 9.97. The highest BCUT2D eigenvalue weighted by atomic mass is 16.5. The maximum absolute atomic E-state index is 12.2. The van der Waals surface area contributed by atoms with E-state index in [2.05, 4.69) is 43.5 Å². The van der Waals surface area contributed by atoms with Gasteiger partial charge in [0.2, 0.25) is 0 Å². The molecular weight excluding hydrogens is 288 g/mol. The van der Waals surface area contributed by atoms with Crippen LogP contribution in [0.3, 0.4) is 0 Å². The van der Waals surface area contributed by atoms with E-state index in [1.54, 1.807) is 13.2 Å². The van der Waals surface area contributed by atoms with E-state index in [9.17, 15) is 4.79 Å². The number of rotatable bonds is 4. The van der Waals surface area contributed by atoms with Crippen molar-refractivity contribution in [1.29, 1.82) is 0 Å². The van der Waals surface area contributed by atoms with E-state index in [-0.39, 0.29) is 12.1 Å². The summed E-state index contributed by atoms with van der Waals surface area (Å²) in [5, 5.41) is 5.81. The molecule has 4 heteroatoms. The highest BCUT2D eigenvalue weighted by molar-refractivity contribution is 5.89. The molecule has 122 valence electrons. The molecule has 0 bridgehead atoms. The third-order valence-electron chi connectivity index (χ3n) is 4.02. The van der Waals surface area contributed by atoms with Crippen LogP contribution in [0.25, 0.3) is 0 Å². The summed E-state index contributed by atoms with van der Waals surface area (Å²) in [5.41, 5.74) is 5.51. The van der Waals surface area contributed by atoms with Gasteiger partial charge in [-0.1, -0.05) is 18.2 Å². The Morgan fingerprint density at radius 3 is 2.43 bits per heavy atom. The van der Waals surface area contributed by atoms with E-state index in [1.807, 2.05) is 25.1 Å². The fraction of sp³-hybridized carbons (Fsp3) is 0.316. The summed E-state index contributed by atoms with van der Waals surface area (Å²) in [6.45, 7) is 8.24. The minimum Gasteiger partial charge on any atom is -0.497 e. The Hall–Kier alpha value is -2.49. The van der Waals surface area contributed by atoms with Crippen molar-refractivity contribution >= 4 is 11.7 Å². The molecule has 0 fully saturated rings. The molecule has 1 atom stereocenters. The minimum atomic E-state index is -0.233. The highest BCUT2D eigenvalue weighted by Gasteiger charge is 2.13. The van der Waals surface area contributed by atoms with E-state index in [4.69, 9.17) is 4.74 Å². The average molecular weight is 312 g/mol. The quantitative estimate of drug-likeness (QED) is 0.873. The van der Waals surface area contributed by atoms with Gasteiger partial charge in [-0.05, 0) is 62.1 Å². The van der Waals surface area contributed by atoms with Crippen molar-refractivity contribution in [3.8, 4) is 5.75 Å². The van der Waals surface area contributed by atoms with Gasteiger partial charge in [-0.3, -0.25) is 0 Å². The molecule has 2 rings (SSSR count). The van der Waals surface area contributed by atoms with Crippen molar-refractivity contribution in [1.82, 2.24) is 5.32 Å². The number of amides is 2. The van der Waals surface area contributed by atoms with Crippen LogP contribution in [0, 0.1) is 20.8 Å². The lowest BCUT2D eigenvalue weighted by Crippen LogP contribution is -2.31. The third-order valence-corrected chi connectivity index (χ3v) is 4.02. The molecule has 0 unspecified atom stereocenters. The average Bonchev–Trinajstić information content (AvgIpc) is 2.50. The second kappa shape index (κ2) is 7.18. The van der Waals surface area contributed by atoms with Crippen LogP contribution < -0.4 is 15.4 Å². The van der Waals surface area contributed by atoms with E-state index < -0.39 is 0 Å². The van der Waals surface area contributed by atoms with Gasteiger partial charge in [0.05, 0.1) is 13.2 Å². The van der Waals surface area contributed by atoms with Gasteiger partial charge < -0.3 is 15.4 Å². The molecule has 0 spiro atoms. The first-order valence-electron chi connectivity index (χ1n) is 7.70. The molecule has 0 radical (unpaired) electrons. The fourth-order valence-electron chi connectivity index (χ4n) is 2.59. The van der Waals surface area contributed by atoms with Crippen molar-refractivity contribution < 1.29 is 9.53 Å². The van der Waals surface area contributed by atoms with Crippen LogP contribution in [0.2, 0.25) is 0 Å². The summed E-state index contributed by atoms with van der Waals surface area (Å²) in [5.74, 6) is 0.709. The van der Waals surface area contributed by atoms with Gasteiger partial charge >= 0.3 is 6.03 Å². The highest BCUT2D eigenvalue weighted by Crippen LogP contribution is 2.22. The van der Waals surface area contributed by atoms with Crippen molar-refractivity contribution in [2.45, 2.75) is 33.7 Å². The second-order valence-electron chi connectivity index (χ2n) is 5.85. The standard InChI is InChI=1S/C19H24N2O2/c1-12-9-14(3)18(10-13(12)2)15(4)20-19(22)21-16-7-6-8-17(11-16)23-5/h6-11,15H,1-5H3,(H2,20,21,22)/t15-/m1/s1. The molecule has 2 N–H and O–H groups in total. The Bertz CT molecular complexity index is 711. The molecule has 2 amide bonds. The summed E-state index contributed by atoms with van der Waals surface area (Å²) in [4.78, 5) is 12.2. The number of hydrogen-bond acceptors (Lipinski definition) is 2. The predicted octanol–water partition coefficient (Wildman–Crippen LogP) is 4.50. The smallest absolute Gasteiger partial charge is 0.319 e. The zero-order valence-corrected chi connectivity index (χ0v) is 14.4. The number of carbonyl (C=O) groups is 1. The molecule has 2 aromatic carbocycles. The number of aryl methyl sites for hydroxylation is 3. The molecule has 0 saturated carbocycles. The van der Waals surface area contributed by atoms with Crippen molar-refractivity contribution in [3.63, 3.8) is 0 Å². The second-order valence-corrected chi connectivity index (χ2v) is 5.85. The van der Waals surface area contributed by atoms with Crippen LogP contribution >= 0.6 is 0 Å². The lowest BCUT2D eigenvalue weighted by Gasteiger charge is -2.19. The maximum Gasteiger partial charge on any atom is 0.319 e. The SMILES string of the molecule is COc1cccc(NC(=O)N[C@H](C)c2cc(C)c(C)cc2C)c1. The maximum atomic E-state index is 12.2. The number of urea groups is 1. The molecule has 0 aliphatic rings. The first-order chi connectivity index (χ1) is 10.9. The van der Waals surface area contributed by atoms with Gasteiger partial charge in [-0.15, -0.1) is 0 Å². The molecule has 0 saturated heterocycles. The van der Waals surface area contributed by atoms with E-state index in [0.717, 1.165) is 5.56 Å². The number of nitrogens with one attached hydrogen (secondary N) is 2. The number of methoxy groups -OCH3 is 1. The Balaban J connectivity index is 2.06. The Morgan fingerprint density at radius 1 is 1.04 bits per heavy atom. The normalized spacial score (nSPS) is 11.7. The van der Waals surface area contributed by atoms with Crippen LogP contribution in [-0.4, -0.2) is 13.1 Å². The largest absolute Gasteiger partial charge is 0.497 e. The van der Waals surface area contributed by atoms with Gasteiger partial charge in [0.1, 0.15) is 5.75 Å². The topological polar surface area (TPSA) is 50.4 Å². The number of hydrogen-bond donors (Lipinski definition) is 2. The van der Waals surface area contributed by atoms with Crippen LogP contribution in [0.5, 0.6) is 5.75 Å². The summed E-state index contributed by atoms with van der Waals surface area (Å²) >= 11 is 0. The third kappa shape index (κ3) is 4.25. The number of ether oxygens (including phenoxy) is 1. The van der Waals surface area contributed by atoms with Crippen LogP contribution in [0.4, 0.5) is 10.5 Å². The summed E-state index contributed by atoms with van der Waals surface area (Å²) in [6.07, 6.45) is 0. The van der Waals surface area contributed by atoms with Crippen molar-refractivity contribution in [2.24, 2.45) is 0 Å². The van der Waals surface area contributed by atoms with Gasteiger partial charge in [-0.25, -0.2) is 4.79 Å². The Kier molecular flexibility index (Phi) is 5.27. The van der Waals surface area contributed by atoms with Gasteiger partial charge in [0.15, 0.2) is 0 Å². The van der Waals surface area contributed by atoms with Gasteiger partial charge in [0, 0.05) is 11.8 Å². The number of anilines is 1. The van der Waals surface area contributed by atoms with Crippen LogP contribution in [0.1, 0.15) is 35.2 Å². The molecule has 0 aliphatic carbocycles. The Labute approximate surface area is 137 Å². The van der Waals surface area contributed by atoms with E-state index in [0.29, 0.717) is 11.4 Å². The lowest BCUT2D eigenvalue weighted by molar-refractivity contribution is 0.249. The van der Waals surface area contributed by atoms with E-state index >= 15 is 0 Å². The zero-order chi connectivity index (χ0) is 17.0. The Morgan fingerprint density at radius 2 is 1.74 bits per heavy atom. The molecular formula is C19H24N2O2. The summed E-state index contributed by atoms with van der Waals surface area (Å²) in [7, 11) is 1.60. The first-order valence-corrected chi connectivity index (χ1v) is 7.70. The number of carbonyl (C=O) groups excluding carboxylic acids is 1. The fourth-order valence-corrected chi connectivity index (χ4v) is 2.59. The molecule has 4 nitrogen and oxygen atoms in total. The van der Waals surface area contributed by atoms with E-state index in [1.165, 1.54) is 16.7 Å². The summed E-state index contributed by atoms with van der Waals surface area (Å²) in [6, 6.07) is 11.3. The first kappa shape index (κ1) is 16.9. The molecule has 0 aliphatic heterocycles. The molecule has 2 aromatic rings. The minimum absolute atomic E-state index is 0.0695.